The van der Waals surface area contributed by atoms with E-state index in [1.165, 1.54) is 26.4 Å². The predicted octanol–water partition coefficient (Wildman–Crippen LogP) is 4.63. The Morgan fingerprint density at radius 2 is 1.69 bits per heavy atom. The number of ether oxygens (including phenoxy) is 1. The second-order valence-electron chi connectivity index (χ2n) is 7.27. The molecule has 0 aliphatic heterocycles. The fourth-order valence-electron chi connectivity index (χ4n) is 3.65. The molecule has 0 N–H and O–H groups in total. The molecular weight excluding hydrogens is 350 g/mol. The number of carbonyl (C=O) groups excluding carboxylic acids is 2. The largest absolute Gasteiger partial charge is 0.469 e. The van der Waals surface area contributed by atoms with Crippen molar-refractivity contribution in [3.63, 3.8) is 0 Å². The fraction of sp³-hybridized carbons (Fsp3) is 0.619. The average Bonchev–Trinajstić information content (AvgIpc) is 2.61. The zero-order chi connectivity index (χ0) is 18.9. The maximum Gasteiger partial charge on any atom is 0.310 e. The third-order valence-corrected chi connectivity index (χ3v) is 5.43. The van der Waals surface area contributed by atoms with Gasteiger partial charge in [-0.15, -0.1) is 0 Å². The van der Waals surface area contributed by atoms with Crippen LogP contribution in [0.25, 0.3) is 0 Å². The number of esters is 1. The van der Waals surface area contributed by atoms with Crippen molar-refractivity contribution in [3.8, 4) is 0 Å². The van der Waals surface area contributed by atoms with Crippen LogP contribution in [0.5, 0.6) is 0 Å². The van der Waals surface area contributed by atoms with Crippen molar-refractivity contribution in [2.45, 2.75) is 64.3 Å². The fourth-order valence-corrected chi connectivity index (χ4v) is 3.78. The Morgan fingerprint density at radius 3 is 2.27 bits per heavy atom. The SMILES string of the molecule is COC(=O)C(C)CN(C(=O)Cc1ccc(Cl)cc1)C1CCCCCCC1. The molecule has 144 valence electrons. The molecule has 1 fully saturated rings. The molecule has 2 rings (SSSR count). The van der Waals surface area contributed by atoms with Crippen LogP contribution in [-0.4, -0.2) is 36.5 Å². The second-order valence-corrected chi connectivity index (χ2v) is 7.71. The van der Waals surface area contributed by atoms with E-state index in [0.717, 1.165) is 31.2 Å². The molecular formula is C21H30ClNO3. The highest BCUT2D eigenvalue weighted by atomic mass is 35.5. The van der Waals surface area contributed by atoms with E-state index in [9.17, 15) is 9.59 Å². The molecule has 1 aromatic rings. The van der Waals surface area contributed by atoms with Crippen LogP contribution < -0.4 is 0 Å². The molecule has 0 radical (unpaired) electrons. The van der Waals surface area contributed by atoms with E-state index in [1.54, 1.807) is 12.1 Å². The molecule has 1 aromatic carbocycles. The summed E-state index contributed by atoms with van der Waals surface area (Å²) in [7, 11) is 1.40. The van der Waals surface area contributed by atoms with E-state index in [4.69, 9.17) is 16.3 Å². The van der Waals surface area contributed by atoms with Gasteiger partial charge in [0.05, 0.1) is 19.4 Å². The summed E-state index contributed by atoms with van der Waals surface area (Å²) in [4.78, 5) is 26.9. The summed E-state index contributed by atoms with van der Waals surface area (Å²) in [6.45, 7) is 2.25. The lowest BCUT2D eigenvalue weighted by molar-refractivity contribution is -0.147. The lowest BCUT2D eigenvalue weighted by Crippen LogP contribution is -2.45. The lowest BCUT2D eigenvalue weighted by Gasteiger charge is -2.34. The molecule has 4 nitrogen and oxygen atoms in total. The summed E-state index contributed by atoms with van der Waals surface area (Å²) in [5.74, 6) is -0.506. The van der Waals surface area contributed by atoms with Gasteiger partial charge >= 0.3 is 5.97 Å². The Hall–Kier alpha value is -1.55. The van der Waals surface area contributed by atoms with Crippen LogP contribution in [-0.2, 0) is 20.7 Å². The molecule has 5 heteroatoms. The molecule has 0 spiro atoms. The summed E-state index contributed by atoms with van der Waals surface area (Å²) >= 11 is 5.94. The zero-order valence-electron chi connectivity index (χ0n) is 15.9. The van der Waals surface area contributed by atoms with Crippen LogP contribution in [0.3, 0.4) is 0 Å². The molecule has 1 aliphatic rings. The summed E-state index contributed by atoms with van der Waals surface area (Å²) in [6.07, 6.45) is 8.38. The van der Waals surface area contributed by atoms with Gasteiger partial charge in [0.15, 0.2) is 0 Å². The minimum atomic E-state index is -0.320. The molecule has 0 saturated heterocycles. The van der Waals surface area contributed by atoms with Crippen molar-refractivity contribution < 1.29 is 14.3 Å². The highest BCUT2D eigenvalue weighted by Crippen LogP contribution is 2.23. The molecule has 1 unspecified atom stereocenters. The number of methoxy groups -OCH3 is 1. The molecule has 1 aliphatic carbocycles. The molecule has 1 saturated carbocycles. The first-order valence-electron chi connectivity index (χ1n) is 9.63. The van der Waals surface area contributed by atoms with Crippen LogP contribution in [0.15, 0.2) is 24.3 Å². The highest BCUT2D eigenvalue weighted by Gasteiger charge is 2.28. The third kappa shape index (κ3) is 6.31. The number of halogens is 1. The Balaban J connectivity index is 2.12. The maximum atomic E-state index is 13.1. The molecule has 26 heavy (non-hydrogen) atoms. The summed E-state index contributed by atoms with van der Waals surface area (Å²) in [6, 6.07) is 7.60. The van der Waals surface area contributed by atoms with Gasteiger partial charge in [0.25, 0.3) is 0 Å². The number of hydrogen-bond donors (Lipinski definition) is 0. The number of hydrogen-bond acceptors (Lipinski definition) is 3. The van der Waals surface area contributed by atoms with Gasteiger partial charge in [0, 0.05) is 17.6 Å². The van der Waals surface area contributed by atoms with E-state index in [2.05, 4.69) is 0 Å². The topological polar surface area (TPSA) is 46.6 Å². The van der Waals surface area contributed by atoms with Gasteiger partial charge < -0.3 is 9.64 Å². The first-order chi connectivity index (χ1) is 12.5. The first-order valence-corrected chi connectivity index (χ1v) is 10.0. The van der Waals surface area contributed by atoms with E-state index >= 15 is 0 Å². The van der Waals surface area contributed by atoms with Crippen LogP contribution in [0.4, 0.5) is 0 Å². The van der Waals surface area contributed by atoms with E-state index in [1.807, 2.05) is 24.0 Å². The Labute approximate surface area is 161 Å². The van der Waals surface area contributed by atoms with Crippen molar-refractivity contribution in [3.05, 3.63) is 34.9 Å². The van der Waals surface area contributed by atoms with E-state index in [0.29, 0.717) is 18.0 Å². The summed E-state index contributed by atoms with van der Waals surface area (Å²) in [5, 5.41) is 0.664. The van der Waals surface area contributed by atoms with Gasteiger partial charge in [0.2, 0.25) is 5.91 Å². The summed E-state index contributed by atoms with van der Waals surface area (Å²) < 4.78 is 4.86. The Bertz CT molecular complexity index is 579. The normalized spacial score (nSPS) is 17.0. The van der Waals surface area contributed by atoms with Crippen molar-refractivity contribution in [2.24, 2.45) is 5.92 Å². The van der Waals surface area contributed by atoms with E-state index < -0.39 is 0 Å². The van der Waals surface area contributed by atoms with Crippen molar-refractivity contribution in [1.82, 2.24) is 4.90 Å². The predicted molar refractivity (Wildman–Crippen MR) is 104 cm³/mol. The highest BCUT2D eigenvalue weighted by molar-refractivity contribution is 6.30. The van der Waals surface area contributed by atoms with Gasteiger partial charge in [-0.05, 0) is 30.5 Å². The Kier molecular flexibility index (Phi) is 8.43. The number of nitrogens with zero attached hydrogens (tertiary/aromatic N) is 1. The van der Waals surface area contributed by atoms with E-state index in [-0.39, 0.29) is 23.8 Å². The quantitative estimate of drug-likeness (QED) is 0.677. The number of carbonyl (C=O) groups is 2. The smallest absolute Gasteiger partial charge is 0.310 e. The Morgan fingerprint density at radius 1 is 1.12 bits per heavy atom. The molecule has 0 aromatic heterocycles. The van der Waals surface area contributed by atoms with Gasteiger partial charge in [-0.1, -0.05) is 62.8 Å². The third-order valence-electron chi connectivity index (χ3n) is 5.18. The maximum absolute atomic E-state index is 13.1. The van der Waals surface area contributed by atoms with Crippen molar-refractivity contribution in [1.29, 1.82) is 0 Å². The molecule has 1 amide bonds. The standard InChI is InChI=1S/C21H30ClNO3/c1-16(21(25)26-2)15-23(19-8-6-4-3-5-7-9-19)20(24)14-17-10-12-18(22)13-11-17/h10-13,16,19H,3-9,14-15H2,1-2H3. The van der Waals surface area contributed by atoms with Crippen LogP contribution in [0.2, 0.25) is 5.02 Å². The van der Waals surface area contributed by atoms with Crippen LogP contribution in [0.1, 0.15) is 57.4 Å². The molecule has 0 bridgehead atoms. The van der Waals surface area contributed by atoms with Gasteiger partial charge in [-0.2, -0.15) is 0 Å². The van der Waals surface area contributed by atoms with Gasteiger partial charge in [0.1, 0.15) is 0 Å². The minimum Gasteiger partial charge on any atom is -0.469 e. The van der Waals surface area contributed by atoms with Crippen molar-refractivity contribution >= 4 is 23.5 Å². The number of amides is 1. The first kappa shape index (κ1) is 20.8. The molecule has 1 atom stereocenters. The van der Waals surface area contributed by atoms with Gasteiger partial charge in [-0.25, -0.2) is 0 Å². The van der Waals surface area contributed by atoms with Gasteiger partial charge in [-0.3, -0.25) is 9.59 Å². The zero-order valence-corrected chi connectivity index (χ0v) is 16.6. The number of benzene rings is 1. The summed E-state index contributed by atoms with van der Waals surface area (Å²) in [5.41, 5.74) is 0.945. The van der Waals surface area contributed by atoms with Crippen LogP contribution in [0, 0.1) is 5.92 Å². The number of rotatable bonds is 6. The average molecular weight is 380 g/mol. The monoisotopic (exact) mass is 379 g/mol. The minimum absolute atomic E-state index is 0.0775. The lowest BCUT2D eigenvalue weighted by atomic mass is 9.94. The molecule has 0 heterocycles. The second kappa shape index (κ2) is 10.6. The van der Waals surface area contributed by atoms with Crippen molar-refractivity contribution in [2.75, 3.05) is 13.7 Å². The van der Waals surface area contributed by atoms with Crippen LogP contribution >= 0.6 is 11.6 Å².